The number of nitrogens with one attached hydrogen (secondary N) is 1. The molecule has 0 saturated heterocycles. The van der Waals surface area contributed by atoms with Gasteiger partial charge in [-0.1, -0.05) is 25.5 Å². The first-order valence-corrected chi connectivity index (χ1v) is 6.63. The van der Waals surface area contributed by atoms with Crippen LogP contribution in [0.15, 0.2) is 24.3 Å². The third-order valence-electron chi connectivity index (χ3n) is 3.41. The van der Waals surface area contributed by atoms with Gasteiger partial charge < -0.3 is 5.32 Å². The van der Waals surface area contributed by atoms with Gasteiger partial charge in [0.25, 0.3) is 5.91 Å². The summed E-state index contributed by atoms with van der Waals surface area (Å²) in [6, 6.07) is 7.41. The first-order valence-electron chi connectivity index (χ1n) is 6.63. The third-order valence-corrected chi connectivity index (χ3v) is 3.41. The lowest BCUT2D eigenvalue weighted by Crippen LogP contribution is -2.47. The monoisotopic (exact) mass is 245 g/mol. The molecule has 1 aromatic rings. The van der Waals surface area contributed by atoms with Gasteiger partial charge in [0.2, 0.25) is 0 Å². The Morgan fingerprint density at radius 1 is 1.33 bits per heavy atom. The molecule has 1 aliphatic rings. The summed E-state index contributed by atoms with van der Waals surface area (Å²) in [5, 5.41) is 2.76. The SMILES string of the molecule is CCCCc1ccc(C(=O)N[C@H]2CCC2=O)cc1. The molecule has 0 heterocycles. The highest BCUT2D eigenvalue weighted by molar-refractivity contribution is 5.99. The molecule has 1 N–H and O–H groups in total. The Bertz CT molecular complexity index is 436. The fourth-order valence-electron chi connectivity index (χ4n) is 2.00. The predicted octanol–water partition coefficient (Wildman–Crippen LogP) is 2.49. The fourth-order valence-corrected chi connectivity index (χ4v) is 2.00. The second-order valence-corrected chi connectivity index (χ2v) is 4.83. The summed E-state index contributed by atoms with van der Waals surface area (Å²) in [4.78, 5) is 23.0. The fraction of sp³-hybridized carbons (Fsp3) is 0.467. The normalized spacial score (nSPS) is 18.3. The second kappa shape index (κ2) is 5.80. The number of Topliss-reactive ketones (excluding diaryl/α,β-unsaturated/α-hetero) is 1. The number of hydrogen-bond donors (Lipinski definition) is 1. The molecule has 0 aliphatic heterocycles. The van der Waals surface area contributed by atoms with E-state index >= 15 is 0 Å². The van der Waals surface area contributed by atoms with E-state index in [4.69, 9.17) is 0 Å². The molecule has 1 saturated carbocycles. The van der Waals surface area contributed by atoms with Gasteiger partial charge in [-0.15, -0.1) is 0 Å². The number of rotatable bonds is 5. The van der Waals surface area contributed by atoms with E-state index < -0.39 is 0 Å². The van der Waals surface area contributed by atoms with Crippen molar-refractivity contribution in [3.05, 3.63) is 35.4 Å². The Kier molecular flexibility index (Phi) is 4.13. The average Bonchev–Trinajstić information content (AvgIpc) is 2.41. The van der Waals surface area contributed by atoms with Gasteiger partial charge in [0.1, 0.15) is 0 Å². The van der Waals surface area contributed by atoms with E-state index in [-0.39, 0.29) is 17.7 Å². The molecule has 1 fully saturated rings. The Morgan fingerprint density at radius 2 is 2.06 bits per heavy atom. The van der Waals surface area contributed by atoms with Crippen molar-refractivity contribution in [2.24, 2.45) is 0 Å². The van der Waals surface area contributed by atoms with Crippen LogP contribution in [0.3, 0.4) is 0 Å². The highest BCUT2D eigenvalue weighted by Crippen LogP contribution is 2.15. The van der Waals surface area contributed by atoms with Gasteiger partial charge >= 0.3 is 0 Å². The maximum absolute atomic E-state index is 11.9. The summed E-state index contributed by atoms with van der Waals surface area (Å²) in [5.74, 6) is -0.00184. The van der Waals surface area contributed by atoms with Gasteiger partial charge in [-0.05, 0) is 37.0 Å². The number of amides is 1. The molecule has 1 aromatic carbocycles. The van der Waals surface area contributed by atoms with Crippen LogP contribution < -0.4 is 5.32 Å². The Morgan fingerprint density at radius 3 is 2.56 bits per heavy atom. The zero-order valence-corrected chi connectivity index (χ0v) is 10.7. The minimum Gasteiger partial charge on any atom is -0.342 e. The molecule has 18 heavy (non-hydrogen) atoms. The van der Waals surface area contributed by atoms with Crippen molar-refractivity contribution in [2.75, 3.05) is 0 Å². The molecule has 0 aromatic heterocycles. The highest BCUT2D eigenvalue weighted by Gasteiger charge is 2.29. The smallest absolute Gasteiger partial charge is 0.251 e. The number of hydrogen-bond acceptors (Lipinski definition) is 2. The molecule has 2 rings (SSSR count). The van der Waals surface area contributed by atoms with Crippen molar-refractivity contribution in [1.82, 2.24) is 5.32 Å². The standard InChI is InChI=1S/C15H19NO2/c1-2-3-4-11-5-7-12(8-6-11)15(18)16-13-9-10-14(13)17/h5-8,13H,2-4,9-10H2,1H3,(H,16,18)/t13-/m0/s1. The lowest BCUT2D eigenvalue weighted by Gasteiger charge is -2.24. The van der Waals surface area contributed by atoms with Crippen molar-refractivity contribution < 1.29 is 9.59 Å². The Balaban J connectivity index is 1.91. The minimum absolute atomic E-state index is 0.142. The molecule has 1 atom stereocenters. The first-order chi connectivity index (χ1) is 8.70. The number of ketones is 1. The number of carbonyl (C=O) groups is 2. The van der Waals surface area contributed by atoms with Crippen LogP contribution in [0.1, 0.15) is 48.5 Å². The largest absolute Gasteiger partial charge is 0.342 e. The topological polar surface area (TPSA) is 46.2 Å². The molecular weight excluding hydrogens is 226 g/mol. The number of carbonyl (C=O) groups excluding carboxylic acids is 2. The lowest BCUT2D eigenvalue weighted by atomic mass is 9.91. The summed E-state index contributed by atoms with van der Waals surface area (Å²) < 4.78 is 0. The second-order valence-electron chi connectivity index (χ2n) is 4.83. The molecular formula is C15H19NO2. The molecule has 96 valence electrons. The molecule has 0 unspecified atom stereocenters. The minimum atomic E-state index is -0.253. The summed E-state index contributed by atoms with van der Waals surface area (Å²) in [7, 11) is 0. The maximum Gasteiger partial charge on any atom is 0.251 e. The quantitative estimate of drug-likeness (QED) is 0.866. The molecule has 0 radical (unpaired) electrons. The highest BCUT2D eigenvalue weighted by atomic mass is 16.2. The zero-order chi connectivity index (χ0) is 13.0. The maximum atomic E-state index is 11.9. The molecule has 1 aliphatic carbocycles. The van der Waals surface area contributed by atoms with Crippen LogP contribution in [0.5, 0.6) is 0 Å². The van der Waals surface area contributed by atoms with E-state index in [0.717, 1.165) is 12.8 Å². The van der Waals surface area contributed by atoms with Gasteiger partial charge in [0.05, 0.1) is 6.04 Å². The average molecular weight is 245 g/mol. The summed E-state index contributed by atoms with van der Waals surface area (Å²) in [5.41, 5.74) is 1.89. The summed E-state index contributed by atoms with van der Waals surface area (Å²) >= 11 is 0. The van der Waals surface area contributed by atoms with Gasteiger partial charge in [-0.3, -0.25) is 9.59 Å². The predicted molar refractivity (Wildman–Crippen MR) is 70.5 cm³/mol. The third kappa shape index (κ3) is 2.97. The Labute approximate surface area is 108 Å². The zero-order valence-electron chi connectivity index (χ0n) is 10.7. The van der Waals surface area contributed by atoms with Crippen LogP contribution in [0.2, 0.25) is 0 Å². The van der Waals surface area contributed by atoms with Crippen LogP contribution in [0, 0.1) is 0 Å². The van der Waals surface area contributed by atoms with Crippen LogP contribution in [0.4, 0.5) is 0 Å². The van der Waals surface area contributed by atoms with Crippen LogP contribution in [-0.2, 0) is 11.2 Å². The van der Waals surface area contributed by atoms with Gasteiger partial charge in [0.15, 0.2) is 5.78 Å². The molecule has 0 spiro atoms. The Hall–Kier alpha value is -1.64. The van der Waals surface area contributed by atoms with Crippen molar-refractivity contribution in [3.8, 4) is 0 Å². The van der Waals surface area contributed by atoms with Crippen molar-refractivity contribution in [3.63, 3.8) is 0 Å². The van der Waals surface area contributed by atoms with Gasteiger partial charge in [-0.2, -0.15) is 0 Å². The number of aryl methyl sites for hydroxylation is 1. The van der Waals surface area contributed by atoms with Crippen LogP contribution in [-0.4, -0.2) is 17.7 Å². The summed E-state index contributed by atoms with van der Waals surface area (Å²) in [6.07, 6.45) is 4.77. The van der Waals surface area contributed by atoms with E-state index in [1.165, 1.54) is 18.4 Å². The van der Waals surface area contributed by atoms with Crippen molar-refractivity contribution >= 4 is 11.7 Å². The molecule has 3 nitrogen and oxygen atoms in total. The molecule has 0 bridgehead atoms. The number of benzene rings is 1. The van der Waals surface area contributed by atoms with E-state index in [2.05, 4.69) is 12.2 Å². The molecule has 1 amide bonds. The van der Waals surface area contributed by atoms with Crippen molar-refractivity contribution in [2.45, 2.75) is 45.1 Å². The van der Waals surface area contributed by atoms with E-state index in [1.54, 1.807) is 0 Å². The molecule has 3 heteroatoms. The van der Waals surface area contributed by atoms with Crippen LogP contribution in [0.25, 0.3) is 0 Å². The van der Waals surface area contributed by atoms with E-state index in [1.807, 2.05) is 24.3 Å². The van der Waals surface area contributed by atoms with E-state index in [0.29, 0.717) is 12.0 Å². The number of unbranched alkanes of at least 4 members (excludes halogenated alkanes) is 1. The van der Waals surface area contributed by atoms with Gasteiger partial charge in [-0.25, -0.2) is 0 Å². The van der Waals surface area contributed by atoms with Gasteiger partial charge in [0, 0.05) is 12.0 Å². The summed E-state index contributed by atoms with van der Waals surface area (Å²) in [6.45, 7) is 2.16. The lowest BCUT2D eigenvalue weighted by molar-refractivity contribution is -0.126. The van der Waals surface area contributed by atoms with Crippen LogP contribution >= 0.6 is 0 Å². The first kappa shape index (κ1) is 12.8. The van der Waals surface area contributed by atoms with E-state index in [9.17, 15) is 9.59 Å². The van der Waals surface area contributed by atoms with Crippen molar-refractivity contribution in [1.29, 1.82) is 0 Å².